The van der Waals surface area contributed by atoms with Gasteiger partial charge in [0, 0.05) is 11.8 Å². The first-order chi connectivity index (χ1) is 16.8. The number of nitrogens with one attached hydrogen (secondary N) is 1. The molecule has 0 saturated carbocycles. The number of hydrogen-bond acceptors (Lipinski definition) is 7. The lowest BCUT2D eigenvalue weighted by molar-refractivity contribution is 0.0525. The Bertz CT molecular complexity index is 1490. The number of aromatic nitrogens is 3. The van der Waals surface area contributed by atoms with Crippen molar-refractivity contribution in [3.63, 3.8) is 0 Å². The van der Waals surface area contributed by atoms with Crippen LogP contribution in [0.3, 0.4) is 0 Å². The summed E-state index contributed by atoms with van der Waals surface area (Å²) in [6.07, 6.45) is 0. The van der Waals surface area contributed by atoms with Crippen LogP contribution in [0.5, 0.6) is 5.75 Å². The number of Topliss-reactive ketones (excluding diaryl/α,β-unsaturated/α-hetero) is 1. The number of ketones is 1. The van der Waals surface area contributed by atoms with E-state index in [0.29, 0.717) is 50.0 Å². The Labute approximate surface area is 206 Å². The van der Waals surface area contributed by atoms with E-state index in [1.165, 1.54) is 4.57 Å². The Kier molecular flexibility index (Phi) is 7.07. The van der Waals surface area contributed by atoms with Crippen LogP contribution in [0.1, 0.15) is 39.0 Å². The summed E-state index contributed by atoms with van der Waals surface area (Å²) in [5.74, 6) is -0.0736. The maximum atomic E-state index is 13.4. The molecule has 0 fully saturated rings. The minimum Gasteiger partial charge on any atom is -0.497 e. The van der Waals surface area contributed by atoms with Gasteiger partial charge in [0.05, 0.1) is 47.3 Å². The number of rotatable bonds is 8. The predicted octanol–water partition coefficient (Wildman–Crippen LogP) is 4.49. The van der Waals surface area contributed by atoms with Crippen LogP contribution in [0.25, 0.3) is 16.6 Å². The molecule has 2 aromatic heterocycles. The molecule has 0 saturated heterocycles. The standard InChI is InChI=1S/C26H25N3O5S/c1-5-34-25(32)22-15(2)23(27-16(22)3)21(30)14-35-26-28-20-12-7-6-11-19(20)24(31)29(26)17-9-8-10-18(13-17)33-4/h6-13,27H,5,14H2,1-4H3. The summed E-state index contributed by atoms with van der Waals surface area (Å²) in [6, 6.07) is 14.2. The van der Waals surface area contributed by atoms with E-state index in [1.807, 2.05) is 6.07 Å². The summed E-state index contributed by atoms with van der Waals surface area (Å²) in [4.78, 5) is 46.6. The Hall–Kier alpha value is -3.85. The van der Waals surface area contributed by atoms with Gasteiger partial charge >= 0.3 is 5.97 Å². The van der Waals surface area contributed by atoms with Gasteiger partial charge in [-0.15, -0.1) is 0 Å². The summed E-state index contributed by atoms with van der Waals surface area (Å²) >= 11 is 1.16. The average molecular weight is 492 g/mol. The van der Waals surface area contributed by atoms with Gasteiger partial charge in [0.25, 0.3) is 5.56 Å². The van der Waals surface area contributed by atoms with Gasteiger partial charge in [0.1, 0.15) is 5.75 Å². The second-order valence-electron chi connectivity index (χ2n) is 7.81. The van der Waals surface area contributed by atoms with Gasteiger partial charge in [-0.2, -0.15) is 0 Å². The Morgan fingerprint density at radius 3 is 2.63 bits per heavy atom. The highest BCUT2D eigenvalue weighted by molar-refractivity contribution is 7.99. The SMILES string of the molecule is CCOC(=O)c1c(C)[nH]c(C(=O)CSc2nc3ccccc3c(=O)n2-c2cccc(OC)c2)c1C. The number of H-pyrrole nitrogens is 1. The number of carbonyl (C=O) groups is 2. The molecule has 1 N–H and O–H groups in total. The number of aromatic amines is 1. The van der Waals surface area contributed by atoms with Crippen LogP contribution >= 0.6 is 11.8 Å². The van der Waals surface area contributed by atoms with Crippen LogP contribution in [-0.2, 0) is 4.74 Å². The zero-order chi connectivity index (χ0) is 25.1. The van der Waals surface area contributed by atoms with Gasteiger partial charge in [-0.1, -0.05) is 30.0 Å². The number of carbonyl (C=O) groups excluding carboxylic acids is 2. The molecule has 0 aliphatic heterocycles. The molecule has 8 nitrogen and oxygen atoms in total. The molecule has 9 heteroatoms. The fourth-order valence-corrected chi connectivity index (χ4v) is 4.81. The second kappa shape index (κ2) is 10.2. The van der Waals surface area contributed by atoms with E-state index in [1.54, 1.807) is 70.3 Å². The first-order valence-corrected chi connectivity index (χ1v) is 12.0. The maximum Gasteiger partial charge on any atom is 0.340 e. The molecule has 35 heavy (non-hydrogen) atoms. The molecule has 0 unspecified atom stereocenters. The molecule has 2 aromatic carbocycles. The second-order valence-corrected chi connectivity index (χ2v) is 8.75. The Morgan fingerprint density at radius 1 is 1.11 bits per heavy atom. The Morgan fingerprint density at radius 2 is 1.89 bits per heavy atom. The van der Waals surface area contributed by atoms with Gasteiger partial charge in [0.15, 0.2) is 10.9 Å². The summed E-state index contributed by atoms with van der Waals surface area (Å²) in [5, 5.41) is 0.850. The third kappa shape index (κ3) is 4.72. The molecule has 180 valence electrons. The lowest BCUT2D eigenvalue weighted by Crippen LogP contribution is -2.22. The van der Waals surface area contributed by atoms with Crippen LogP contribution in [0.15, 0.2) is 58.5 Å². The van der Waals surface area contributed by atoms with Crippen molar-refractivity contribution in [2.45, 2.75) is 25.9 Å². The third-order valence-corrected chi connectivity index (χ3v) is 6.52. The monoisotopic (exact) mass is 491 g/mol. The molecule has 0 bridgehead atoms. The van der Waals surface area contributed by atoms with E-state index in [2.05, 4.69) is 9.97 Å². The molecule has 0 atom stereocenters. The van der Waals surface area contributed by atoms with E-state index >= 15 is 0 Å². The van der Waals surface area contributed by atoms with Crippen molar-refractivity contribution in [2.24, 2.45) is 0 Å². The number of ether oxygens (including phenoxy) is 2. The van der Waals surface area contributed by atoms with Gasteiger partial charge < -0.3 is 14.5 Å². The minimum absolute atomic E-state index is 0.0117. The number of nitrogens with zero attached hydrogens (tertiary/aromatic N) is 2. The average Bonchev–Trinajstić information content (AvgIpc) is 3.16. The first kappa shape index (κ1) is 24.3. The molecule has 2 heterocycles. The number of thioether (sulfide) groups is 1. The molecule has 4 rings (SSSR count). The quantitative estimate of drug-likeness (QED) is 0.168. The molecule has 0 amide bonds. The highest BCUT2D eigenvalue weighted by Gasteiger charge is 2.23. The van der Waals surface area contributed by atoms with E-state index in [9.17, 15) is 14.4 Å². The summed E-state index contributed by atoms with van der Waals surface area (Å²) in [6.45, 7) is 5.43. The molecule has 0 radical (unpaired) electrons. The molecular weight excluding hydrogens is 466 g/mol. The largest absolute Gasteiger partial charge is 0.497 e. The predicted molar refractivity (Wildman–Crippen MR) is 135 cm³/mol. The zero-order valence-corrected chi connectivity index (χ0v) is 20.7. The van der Waals surface area contributed by atoms with E-state index in [4.69, 9.17) is 9.47 Å². The fourth-order valence-electron chi connectivity index (χ4n) is 3.93. The van der Waals surface area contributed by atoms with Crippen molar-refractivity contribution >= 4 is 34.4 Å². The fraction of sp³-hybridized carbons (Fsp3) is 0.231. The Balaban J connectivity index is 1.72. The number of esters is 1. The normalized spacial score (nSPS) is 11.0. The van der Waals surface area contributed by atoms with Crippen molar-refractivity contribution in [1.82, 2.24) is 14.5 Å². The van der Waals surface area contributed by atoms with E-state index < -0.39 is 5.97 Å². The smallest absolute Gasteiger partial charge is 0.340 e. The maximum absolute atomic E-state index is 13.4. The van der Waals surface area contributed by atoms with Crippen LogP contribution < -0.4 is 10.3 Å². The summed E-state index contributed by atoms with van der Waals surface area (Å²) in [5.41, 5.74) is 2.72. The molecule has 0 spiro atoms. The number of fused-ring (bicyclic) bond motifs is 1. The van der Waals surface area contributed by atoms with Crippen LogP contribution in [0.4, 0.5) is 0 Å². The number of benzene rings is 2. The third-order valence-electron chi connectivity index (χ3n) is 5.58. The van der Waals surface area contributed by atoms with Gasteiger partial charge in [-0.05, 0) is 50.6 Å². The van der Waals surface area contributed by atoms with Crippen molar-refractivity contribution < 1.29 is 19.1 Å². The van der Waals surface area contributed by atoms with Crippen molar-refractivity contribution in [1.29, 1.82) is 0 Å². The first-order valence-electron chi connectivity index (χ1n) is 11.0. The number of hydrogen-bond donors (Lipinski definition) is 1. The van der Waals surface area contributed by atoms with Gasteiger partial charge in [0.2, 0.25) is 0 Å². The number of methoxy groups -OCH3 is 1. The number of para-hydroxylation sites is 1. The summed E-state index contributed by atoms with van der Waals surface area (Å²) < 4.78 is 11.9. The van der Waals surface area contributed by atoms with Crippen molar-refractivity contribution in [3.8, 4) is 11.4 Å². The summed E-state index contributed by atoms with van der Waals surface area (Å²) in [7, 11) is 1.56. The van der Waals surface area contributed by atoms with E-state index in [-0.39, 0.29) is 23.7 Å². The van der Waals surface area contributed by atoms with Gasteiger partial charge in [-0.3, -0.25) is 14.2 Å². The highest BCUT2D eigenvalue weighted by Crippen LogP contribution is 2.26. The van der Waals surface area contributed by atoms with Crippen LogP contribution in [0.2, 0.25) is 0 Å². The molecule has 0 aliphatic carbocycles. The molecule has 4 aromatic rings. The zero-order valence-electron chi connectivity index (χ0n) is 19.9. The lowest BCUT2D eigenvalue weighted by Gasteiger charge is -2.14. The van der Waals surface area contributed by atoms with Crippen molar-refractivity contribution in [2.75, 3.05) is 19.5 Å². The lowest BCUT2D eigenvalue weighted by atomic mass is 10.1. The van der Waals surface area contributed by atoms with Gasteiger partial charge in [-0.25, -0.2) is 9.78 Å². The van der Waals surface area contributed by atoms with Crippen LogP contribution in [0, 0.1) is 13.8 Å². The number of aryl methyl sites for hydroxylation is 1. The highest BCUT2D eigenvalue weighted by atomic mass is 32.2. The molecule has 0 aliphatic rings. The van der Waals surface area contributed by atoms with Crippen molar-refractivity contribution in [3.05, 3.63) is 81.4 Å². The molecular formula is C26H25N3O5S. The van der Waals surface area contributed by atoms with Crippen LogP contribution in [-0.4, -0.2) is 45.8 Å². The topological polar surface area (TPSA) is 103 Å². The van der Waals surface area contributed by atoms with E-state index in [0.717, 1.165) is 11.8 Å². The minimum atomic E-state index is -0.464.